The van der Waals surface area contributed by atoms with Crippen molar-refractivity contribution in [2.45, 2.75) is 12.3 Å². The van der Waals surface area contributed by atoms with Gasteiger partial charge < -0.3 is 15.4 Å². The van der Waals surface area contributed by atoms with Crippen molar-refractivity contribution in [2.75, 3.05) is 26.2 Å². The molecule has 1 heterocycles. The molecular formula is C20H23ClN2O2. The molecule has 0 aliphatic carbocycles. The van der Waals surface area contributed by atoms with Crippen LogP contribution in [0.5, 0.6) is 5.75 Å². The Hall–Kier alpha value is -2.04. The van der Waals surface area contributed by atoms with Gasteiger partial charge in [-0.3, -0.25) is 4.79 Å². The number of para-hydroxylation sites is 1. The van der Waals surface area contributed by atoms with Gasteiger partial charge in [-0.1, -0.05) is 54.1 Å². The van der Waals surface area contributed by atoms with Crippen molar-refractivity contribution in [2.24, 2.45) is 11.7 Å². The van der Waals surface area contributed by atoms with Crippen LogP contribution in [-0.4, -0.2) is 37.0 Å². The van der Waals surface area contributed by atoms with Crippen LogP contribution in [0.25, 0.3) is 0 Å². The third kappa shape index (κ3) is 4.33. The number of amides is 1. The van der Waals surface area contributed by atoms with Crippen LogP contribution in [0.4, 0.5) is 0 Å². The van der Waals surface area contributed by atoms with E-state index in [1.807, 2.05) is 35.2 Å². The summed E-state index contributed by atoms with van der Waals surface area (Å²) in [5, 5.41) is 0.559. The Morgan fingerprint density at radius 3 is 2.56 bits per heavy atom. The summed E-state index contributed by atoms with van der Waals surface area (Å²) in [5.41, 5.74) is 7.19. The molecule has 25 heavy (non-hydrogen) atoms. The topological polar surface area (TPSA) is 55.6 Å². The van der Waals surface area contributed by atoms with E-state index >= 15 is 0 Å². The van der Waals surface area contributed by atoms with Crippen LogP contribution in [0.2, 0.25) is 5.02 Å². The summed E-state index contributed by atoms with van der Waals surface area (Å²) in [6, 6.07) is 17.6. The Bertz CT molecular complexity index is 708. The molecule has 1 aliphatic rings. The first kappa shape index (κ1) is 17.8. The number of rotatable bonds is 6. The zero-order valence-electron chi connectivity index (χ0n) is 14.1. The predicted octanol–water partition coefficient (Wildman–Crippen LogP) is 3.31. The zero-order chi connectivity index (χ0) is 17.6. The monoisotopic (exact) mass is 358 g/mol. The van der Waals surface area contributed by atoms with Crippen LogP contribution in [0.3, 0.4) is 0 Å². The third-order valence-corrected chi connectivity index (χ3v) is 5.05. The van der Waals surface area contributed by atoms with Gasteiger partial charge in [0.05, 0.1) is 18.1 Å². The van der Waals surface area contributed by atoms with Gasteiger partial charge in [-0.25, -0.2) is 0 Å². The molecule has 132 valence electrons. The number of carbonyl (C=O) groups is 1. The molecule has 2 atom stereocenters. The number of hydrogen-bond donors (Lipinski definition) is 1. The van der Waals surface area contributed by atoms with Gasteiger partial charge in [0.1, 0.15) is 5.75 Å². The minimum atomic E-state index is 0.101. The molecule has 3 rings (SSSR count). The quantitative estimate of drug-likeness (QED) is 0.861. The van der Waals surface area contributed by atoms with E-state index in [4.69, 9.17) is 22.1 Å². The molecule has 0 unspecified atom stereocenters. The van der Waals surface area contributed by atoms with Crippen LogP contribution >= 0.6 is 11.6 Å². The lowest BCUT2D eigenvalue weighted by Crippen LogP contribution is -2.30. The standard InChI is InChI=1S/C20H23ClN2O2/c21-18-8-4-5-9-19(18)25-11-10-20(24)23-13-16(12-22)17(14-23)15-6-2-1-3-7-15/h1-9,16-17H,10-14,22H2/t16-,17+/m1/s1. The van der Waals surface area contributed by atoms with Gasteiger partial charge in [0.2, 0.25) is 5.91 Å². The van der Waals surface area contributed by atoms with Crippen molar-refractivity contribution in [3.05, 3.63) is 65.2 Å². The maximum absolute atomic E-state index is 12.5. The lowest BCUT2D eigenvalue weighted by Gasteiger charge is -2.17. The summed E-state index contributed by atoms with van der Waals surface area (Å²) in [6.07, 6.45) is 0.337. The largest absolute Gasteiger partial charge is 0.491 e. The molecule has 5 heteroatoms. The van der Waals surface area contributed by atoms with Crippen molar-refractivity contribution in [3.8, 4) is 5.75 Å². The summed E-state index contributed by atoms with van der Waals surface area (Å²) < 4.78 is 5.63. The van der Waals surface area contributed by atoms with E-state index in [-0.39, 0.29) is 5.91 Å². The van der Waals surface area contributed by atoms with E-state index in [1.165, 1.54) is 5.56 Å². The van der Waals surface area contributed by atoms with Crippen molar-refractivity contribution in [3.63, 3.8) is 0 Å². The molecule has 2 N–H and O–H groups in total. The molecule has 0 spiro atoms. The van der Waals surface area contributed by atoms with E-state index in [1.54, 1.807) is 12.1 Å². The van der Waals surface area contributed by atoms with Gasteiger partial charge in [0.25, 0.3) is 0 Å². The molecular weight excluding hydrogens is 336 g/mol. The first-order valence-electron chi connectivity index (χ1n) is 8.59. The SMILES string of the molecule is NC[C@@H]1CN(C(=O)CCOc2ccccc2Cl)C[C@H]1c1ccccc1. The summed E-state index contributed by atoms with van der Waals surface area (Å²) in [7, 11) is 0. The number of halogens is 1. The fourth-order valence-electron chi connectivity index (χ4n) is 3.36. The highest BCUT2D eigenvalue weighted by molar-refractivity contribution is 6.32. The van der Waals surface area contributed by atoms with E-state index in [0.717, 1.165) is 6.54 Å². The minimum Gasteiger partial charge on any atom is -0.491 e. The molecule has 2 aromatic rings. The highest BCUT2D eigenvalue weighted by atomic mass is 35.5. The number of benzene rings is 2. The minimum absolute atomic E-state index is 0.101. The Balaban J connectivity index is 1.55. The zero-order valence-corrected chi connectivity index (χ0v) is 14.9. The highest BCUT2D eigenvalue weighted by Gasteiger charge is 2.34. The summed E-state index contributed by atoms with van der Waals surface area (Å²) >= 11 is 6.06. The second-order valence-corrected chi connectivity index (χ2v) is 6.75. The van der Waals surface area contributed by atoms with Gasteiger partial charge in [0, 0.05) is 19.0 Å². The fraction of sp³-hybridized carbons (Fsp3) is 0.350. The lowest BCUT2D eigenvalue weighted by molar-refractivity contribution is -0.130. The highest BCUT2D eigenvalue weighted by Crippen LogP contribution is 2.32. The van der Waals surface area contributed by atoms with Crippen molar-refractivity contribution < 1.29 is 9.53 Å². The number of carbonyl (C=O) groups excluding carboxylic acids is 1. The fourth-order valence-corrected chi connectivity index (χ4v) is 3.55. The van der Waals surface area contributed by atoms with Crippen molar-refractivity contribution in [1.82, 2.24) is 4.90 Å². The van der Waals surface area contributed by atoms with Gasteiger partial charge in [-0.05, 0) is 30.2 Å². The molecule has 0 radical (unpaired) electrons. The molecule has 0 saturated carbocycles. The smallest absolute Gasteiger partial charge is 0.226 e. The molecule has 0 bridgehead atoms. The molecule has 0 aromatic heterocycles. The maximum atomic E-state index is 12.5. The second-order valence-electron chi connectivity index (χ2n) is 6.34. The van der Waals surface area contributed by atoms with Crippen molar-refractivity contribution in [1.29, 1.82) is 0 Å². The molecule has 1 amide bonds. The molecule has 1 saturated heterocycles. The summed E-state index contributed by atoms with van der Waals surface area (Å²) in [6.45, 7) is 2.33. The molecule has 1 aliphatic heterocycles. The molecule has 1 fully saturated rings. The summed E-state index contributed by atoms with van der Waals surface area (Å²) in [4.78, 5) is 14.4. The number of nitrogens with two attached hydrogens (primary N) is 1. The Morgan fingerprint density at radius 2 is 1.84 bits per heavy atom. The van der Waals surface area contributed by atoms with Gasteiger partial charge in [-0.15, -0.1) is 0 Å². The Labute approximate surface area is 153 Å². The normalized spacial score (nSPS) is 19.8. The van der Waals surface area contributed by atoms with Gasteiger partial charge >= 0.3 is 0 Å². The third-order valence-electron chi connectivity index (χ3n) is 4.73. The lowest BCUT2D eigenvalue weighted by atomic mass is 9.89. The van der Waals surface area contributed by atoms with Gasteiger partial charge in [0.15, 0.2) is 0 Å². The average Bonchev–Trinajstić information content (AvgIpc) is 3.08. The van der Waals surface area contributed by atoms with E-state index in [9.17, 15) is 4.79 Å². The van der Waals surface area contributed by atoms with E-state index in [2.05, 4.69) is 12.1 Å². The van der Waals surface area contributed by atoms with Crippen LogP contribution < -0.4 is 10.5 Å². The van der Waals surface area contributed by atoms with Crippen molar-refractivity contribution >= 4 is 17.5 Å². The van der Waals surface area contributed by atoms with Gasteiger partial charge in [-0.2, -0.15) is 0 Å². The Morgan fingerprint density at radius 1 is 1.12 bits per heavy atom. The average molecular weight is 359 g/mol. The second kappa shape index (κ2) is 8.37. The van der Waals surface area contributed by atoms with Crippen LogP contribution in [-0.2, 0) is 4.79 Å². The molecule has 2 aromatic carbocycles. The van der Waals surface area contributed by atoms with Crippen LogP contribution in [0.15, 0.2) is 54.6 Å². The first-order chi connectivity index (χ1) is 12.2. The number of nitrogens with zero attached hydrogens (tertiary/aromatic N) is 1. The molecule has 4 nitrogen and oxygen atoms in total. The van der Waals surface area contributed by atoms with Crippen LogP contribution in [0, 0.1) is 5.92 Å². The Kier molecular flexibility index (Phi) is 5.95. The number of hydrogen-bond acceptors (Lipinski definition) is 3. The first-order valence-corrected chi connectivity index (χ1v) is 8.97. The predicted molar refractivity (Wildman–Crippen MR) is 99.9 cm³/mol. The number of likely N-dealkylation sites (tertiary alicyclic amines) is 1. The van der Waals surface area contributed by atoms with E-state index in [0.29, 0.717) is 48.7 Å². The van der Waals surface area contributed by atoms with E-state index < -0.39 is 0 Å². The van der Waals surface area contributed by atoms with Crippen LogP contribution in [0.1, 0.15) is 17.9 Å². The maximum Gasteiger partial charge on any atom is 0.226 e. The number of ether oxygens (including phenoxy) is 1. The summed E-state index contributed by atoms with van der Waals surface area (Å²) in [5.74, 6) is 1.32.